The molecule has 0 radical (unpaired) electrons. The number of ether oxygens (including phenoxy) is 1. The number of esters is 1. The third-order valence-corrected chi connectivity index (χ3v) is 3.05. The van der Waals surface area contributed by atoms with Crippen molar-refractivity contribution in [2.45, 2.75) is 6.92 Å². The van der Waals surface area contributed by atoms with Crippen LogP contribution in [0, 0.1) is 6.92 Å². The van der Waals surface area contributed by atoms with Crippen molar-refractivity contribution < 1.29 is 9.53 Å². The van der Waals surface area contributed by atoms with Crippen LogP contribution in [-0.4, -0.2) is 5.97 Å². The van der Waals surface area contributed by atoms with E-state index >= 15 is 0 Å². The summed E-state index contributed by atoms with van der Waals surface area (Å²) in [7, 11) is 0. The number of benzene rings is 2. The van der Waals surface area contributed by atoms with E-state index in [0.29, 0.717) is 5.75 Å². The molecule has 0 bridgehead atoms. The number of hydrogen-bond donors (Lipinski definition) is 0. The van der Waals surface area contributed by atoms with Gasteiger partial charge in [-0.15, -0.1) is 0 Å². The number of aryl methyl sites for hydroxylation is 1. The van der Waals surface area contributed by atoms with Crippen molar-refractivity contribution in [3.05, 3.63) is 70.2 Å². The SMILES string of the molecule is Cc1cc(Br)ccc1OC(=O)C=Cc1ccccc1. The van der Waals surface area contributed by atoms with Gasteiger partial charge < -0.3 is 4.74 Å². The smallest absolute Gasteiger partial charge is 0.336 e. The van der Waals surface area contributed by atoms with Gasteiger partial charge in [-0.2, -0.15) is 0 Å². The predicted molar refractivity (Wildman–Crippen MR) is 80.0 cm³/mol. The lowest BCUT2D eigenvalue weighted by Crippen LogP contribution is -2.04. The molecular formula is C16H13BrO2. The first-order valence-electron chi connectivity index (χ1n) is 5.86. The van der Waals surface area contributed by atoms with E-state index in [-0.39, 0.29) is 5.97 Å². The molecule has 2 rings (SSSR count). The first-order chi connectivity index (χ1) is 9.15. The molecule has 0 aromatic heterocycles. The summed E-state index contributed by atoms with van der Waals surface area (Å²) in [6.07, 6.45) is 3.16. The molecule has 0 atom stereocenters. The van der Waals surface area contributed by atoms with E-state index in [1.165, 1.54) is 6.08 Å². The number of carbonyl (C=O) groups excluding carboxylic acids is 1. The molecule has 0 saturated carbocycles. The highest BCUT2D eigenvalue weighted by molar-refractivity contribution is 9.10. The Balaban J connectivity index is 2.04. The van der Waals surface area contributed by atoms with Crippen LogP contribution in [0.4, 0.5) is 0 Å². The molecule has 19 heavy (non-hydrogen) atoms. The molecule has 96 valence electrons. The summed E-state index contributed by atoms with van der Waals surface area (Å²) < 4.78 is 6.24. The van der Waals surface area contributed by atoms with Crippen molar-refractivity contribution in [2.75, 3.05) is 0 Å². The second-order valence-corrected chi connectivity index (χ2v) is 4.99. The Kier molecular flexibility index (Phi) is 4.53. The van der Waals surface area contributed by atoms with E-state index in [4.69, 9.17) is 4.74 Å². The van der Waals surface area contributed by atoms with Crippen LogP contribution in [0.5, 0.6) is 5.75 Å². The molecule has 0 spiro atoms. The van der Waals surface area contributed by atoms with Crippen molar-refractivity contribution in [1.29, 1.82) is 0 Å². The third-order valence-electron chi connectivity index (χ3n) is 2.56. The van der Waals surface area contributed by atoms with Gasteiger partial charge in [0.2, 0.25) is 0 Å². The zero-order chi connectivity index (χ0) is 13.7. The molecular weight excluding hydrogens is 304 g/mol. The third kappa shape index (κ3) is 4.07. The van der Waals surface area contributed by atoms with Crippen LogP contribution in [0.2, 0.25) is 0 Å². The lowest BCUT2D eigenvalue weighted by molar-refractivity contribution is -0.128. The van der Waals surface area contributed by atoms with Crippen LogP contribution in [0.25, 0.3) is 6.08 Å². The normalized spacial score (nSPS) is 10.6. The number of carbonyl (C=O) groups is 1. The topological polar surface area (TPSA) is 26.3 Å². The largest absolute Gasteiger partial charge is 0.423 e. The summed E-state index contributed by atoms with van der Waals surface area (Å²) in [5.41, 5.74) is 1.88. The lowest BCUT2D eigenvalue weighted by Gasteiger charge is -2.05. The fraction of sp³-hybridized carbons (Fsp3) is 0.0625. The second-order valence-electron chi connectivity index (χ2n) is 4.07. The van der Waals surface area contributed by atoms with Crippen LogP contribution in [0.3, 0.4) is 0 Å². The molecule has 0 unspecified atom stereocenters. The Morgan fingerprint density at radius 3 is 2.58 bits per heavy atom. The van der Waals surface area contributed by atoms with Crippen molar-refractivity contribution in [1.82, 2.24) is 0 Å². The van der Waals surface area contributed by atoms with Gasteiger partial charge in [0.25, 0.3) is 0 Å². The first kappa shape index (κ1) is 13.6. The zero-order valence-electron chi connectivity index (χ0n) is 10.5. The van der Waals surface area contributed by atoms with Gasteiger partial charge in [-0.05, 0) is 42.3 Å². The highest BCUT2D eigenvalue weighted by Crippen LogP contribution is 2.22. The quantitative estimate of drug-likeness (QED) is 0.477. The van der Waals surface area contributed by atoms with Gasteiger partial charge in [0.05, 0.1) is 0 Å². The van der Waals surface area contributed by atoms with Crippen LogP contribution < -0.4 is 4.74 Å². The Hall–Kier alpha value is -1.87. The van der Waals surface area contributed by atoms with Crippen LogP contribution in [0.15, 0.2) is 59.1 Å². The van der Waals surface area contributed by atoms with E-state index in [1.54, 1.807) is 12.1 Å². The Labute approximate surface area is 120 Å². The maximum absolute atomic E-state index is 11.7. The van der Waals surface area contributed by atoms with Crippen molar-refractivity contribution in [3.63, 3.8) is 0 Å². The van der Waals surface area contributed by atoms with E-state index in [9.17, 15) is 4.79 Å². The highest BCUT2D eigenvalue weighted by Gasteiger charge is 2.04. The van der Waals surface area contributed by atoms with E-state index < -0.39 is 0 Å². The fourth-order valence-corrected chi connectivity index (χ4v) is 2.07. The molecule has 3 heteroatoms. The van der Waals surface area contributed by atoms with Crippen LogP contribution in [-0.2, 0) is 4.79 Å². The van der Waals surface area contributed by atoms with Crippen molar-refractivity contribution in [3.8, 4) is 5.75 Å². The summed E-state index contributed by atoms with van der Waals surface area (Å²) in [4.78, 5) is 11.7. The minimum atomic E-state index is -0.380. The predicted octanol–water partition coefficient (Wildman–Crippen LogP) is 4.38. The van der Waals surface area contributed by atoms with Gasteiger partial charge >= 0.3 is 5.97 Å². The Morgan fingerprint density at radius 1 is 1.16 bits per heavy atom. The number of halogens is 1. The molecule has 0 aliphatic heterocycles. The summed E-state index contributed by atoms with van der Waals surface area (Å²) in [5, 5.41) is 0. The van der Waals surface area contributed by atoms with E-state index in [1.807, 2.05) is 49.4 Å². The summed E-state index contributed by atoms with van der Waals surface area (Å²) in [6.45, 7) is 1.90. The number of rotatable bonds is 3. The average Bonchev–Trinajstić information content (AvgIpc) is 2.41. The van der Waals surface area contributed by atoms with Gasteiger partial charge in [0.15, 0.2) is 0 Å². The zero-order valence-corrected chi connectivity index (χ0v) is 12.1. The molecule has 2 nitrogen and oxygen atoms in total. The first-order valence-corrected chi connectivity index (χ1v) is 6.65. The van der Waals surface area contributed by atoms with Gasteiger partial charge in [-0.3, -0.25) is 0 Å². The lowest BCUT2D eigenvalue weighted by atomic mass is 10.2. The average molecular weight is 317 g/mol. The van der Waals surface area contributed by atoms with Crippen LogP contribution in [0.1, 0.15) is 11.1 Å². The van der Waals surface area contributed by atoms with Gasteiger partial charge in [-0.25, -0.2) is 4.79 Å². The van der Waals surface area contributed by atoms with Crippen molar-refractivity contribution >= 4 is 28.0 Å². The van der Waals surface area contributed by atoms with E-state index in [2.05, 4.69) is 15.9 Å². The molecule has 0 N–H and O–H groups in total. The molecule has 0 aliphatic carbocycles. The Morgan fingerprint density at radius 2 is 1.89 bits per heavy atom. The molecule has 0 amide bonds. The van der Waals surface area contributed by atoms with Gasteiger partial charge in [-0.1, -0.05) is 46.3 Å². The van der Waals surface area contributed by atoms with Gasteiger partial charge in [0, 0.05) is 10.5 Å². The van der Waals surface area contributed by atoms with Crippen molar-refractivity contribution in [2.24, 2.45) is 0 Å². The molecule has 0 fully saturated rings. The minimum Gasteiger partial charge on any atom is -0.423 e. The molecule has 2 aromatic carbocycles. The molecule has 0 saturated heterocycles. The maximum Gasteiger partial charge on any atom is 0.336 e. The second kappa shape index (κ2) is 6.34. The molecule has 2 aromatic rings. The summed E-state index contributed by atoms with van der Waals surface area (Å²) in [6, 6.07) is 15.1. The standard InChI is InChI=1S/C16H13BrO2/c1-12-11-14(17)8-9-15(12)19-16(18)10-7-13-5-3-2-4-6-13/h2-11H,1H3. The number of hydrogen-bond acceptors (Lipinski definition) is 2. The fourth-order valence-electron chi connectivity index (χ4n) is 1.60. The Bertz CT molecular complexity index is 603. The monoisotopic (exact) mass is 316 g/mol. The highest BCUT2D eigenvalue weighted by atomic mass is 79.9. The van der Waals surface area contributed by atoms with Gasteiger partial charge in [0.1, 0.15) is 5.75 Å². The molecule has 0 aliphatic rings. The maximum atomic E-state index is 11.7. The molecule has 0 heterocycles. The summed E-state index contributed by atoms with van der Waals surface area (Å²) >= 11 is 3.37. The van der Waals surface area contributed by atoms with Crippen LogP contribution >= 0.6 is 15.9 Å². The summed E-state index contributed by atoms with van der Waals surface area (Å²) in [5.74, 6) is 0.195. The van der Waals surface area contributed by atoms with E-state index in [0.717, 1.165) is 15.6 Å². The minimum absolute atomic E-state index is 0.380.